The number of methoxy groups -OCH3 is 2. The van der Waals surface area contributed by atoms with Crippen molar-refractivity contribution in [2.75, 3.05) is 47.0 Å². The highest BCUT2D eigenvalue weighted by molar-refractivity contribution is 9.10. The van der Waals surface area contributed by atoms with Gasteiger partial charge in [0.2, 0.25) is 5.91 Å². The van der Waals surface area contributed by atoms with Crippen LogP contribution in [0.2, 0.25) is 0 Å². The molecule has 0 unspecified atom stereocenters. The van der Waals surface area contributed by atoms with Crippen molar-refractivity contribution in [2.24, 2.45) is 11.8 Å². The van der Waals surface area contributed by atoms with Gasteiger partial charge in [-0.3, -0.25) is 4.79 Å². The summed E-state index contributed by atoms with van der Waals surface area (Å²) in [7, 11) is 3.34. The molecule has 6 heteroatoms. The first-order valence-electron chi connectivity index (χ1n) is 12.4. The lowest BCUT2D eigenvalue weighted by Gasteiger charge is -2.37. The SMILES string of the molecule is CCN(C(=O)COC)[C@H]1CC[C@H](CCN2CCC(Cc3cc(OC)ccc3Br)CC2)CC1. The fourth-order valence-corrected chi connectivity index (χ4v) is 5.92. The molecule has 1 saturated carbocycles. The highest BCUT2D eigenvalue weighted by Crippen LogP contribution is 2.32. The number of rotatable bonds is 10. The number of carbonyl (C=O) groups is 1. The van der Waals surface area contributed by atoms with E-state index in [0.29, 0.717) is 6.04 Å². The monoisotopic (exact) mass is 508 g/mol. The molecule has 1 aromatic rings. The molecule has 180 valence electrons. The number of likely N-dealkylation sites (tertiary alicyclic amines) is 1. The summed E-state index contributed by atoms with van der Waals surface area (Å²) in [6.45, 7) is 6.74. The van der Waals surface area contributed by atoms with Crippen LogP contribution in [0.25, 0.3) is 0 Å². The Kier molecular flexibility index (Phi) is 10.3. The molecular formula is C26H41BrN2O3. The number of ether oxygens (including phenoxy) is 2. The summed E-state index contributed by atoms with van der Waals surface area (Å²) in [4.78, 5) is 17.0. The number of piperidine rings is 1. The van der Waals surface area contributed by atoms with Crippen molar-refractivity contribution in [3.63, 3.8) is 0 Å². The van der Waals surface area contributed by atoms with E-state index < -0.39 is 0 Å². The van der Waals surface area contributed by atoms with Gasteiger partial charge in [-0.05, 0) is 114 Å². The van der Waals surface area contributed by atoms with Crippen molar-refractivity contribution in [1.29, 1.82) is 0 Å². The van der Waals surface area contributed by atoms with Gasteiger partial charge in [0, 0.05) is 24.2 Å². The lowest BCUT2D eigenvalue weighted by molar-refractivity contribution is -0.138. The molecule has 0 radical (unpaired) electrons. The number of carbonyl (C=O) groups excluding carboxylic acids is 1. The summed E-state index contributed by atoms with van der Waals surface area (Å²) >= 11 is 3.71. The van der Waals surface area contributed by atoms with Crippen LogP contribution >= 0.6 is 15.9 Å². The molecule has 2 fully saturated rings. The first-order valence-corrected chi connectivity index (χ1v) is 13.2. The Hall–Kier alpha value is -1.11. The molecule has 1 heterocycles. The van der Waals surface area contributed by atoms with Gasteiger partial charge in [-0.2, -0.15) is 0 Å². The zero-order valence-electron chi connectivity index (χ0n) is 20.2. The van der Waals surface area contributed by atoms with E-state index in [1.165, 1.54) is 61.8 Å². The van der Waals surface area contributed by atoms with E-state index in [1.807, 2.05) is 11.0 Å². The minimum Gasteiger partial charge on any atom is -0.497 e. The van der Waals surface area contributed by atoms with Crippen molar-refractivity contribution >= 4 is 21.8 Å². The second-order valence-corrected chi connectivity index (χ2v) is 10.4. The summed E-state index contributed by atoms with van der Waals surface area (Å²) < 4.78 is 11.7. The molecule has 1 aromatic carbocycles. The fourth-order valence-electron chi connectivity index (χ4n) is 5.51. The van der Waals surface area contributed by atoms with E-state index in [2.05, 4.69) is 39.9 Å². The number of likely N-dealkylation sites (N-methyl/N-ethyl adjacent to an activating group) is 1. The molecule has 3 rings (SSSR count). The number of hydrogen-bond donors (Lipinski definition) is 0. The molecule has 2 aliphatic rings. The summed E-state index contributed by atoms with van der Waals surface area (Å²) in [6, 6.07) is 6.70. The van der Waals surface area contributed by atoms with E-state index in [9.17, 15) is 4.79 Å². The van der Waals surface area contributed by atoms with Gasteiger partial charge in [0.15, 0.2) is 0 Å². The zero-order chi connectivity index (χ0) is 22.9. The van der Waals surface area contributed by atoms with Gasteiger partial charge in [-0.1, -0.05) is 15.9 Å². The van der Waals surface area contributed by atoms with Crippen molar-refractivity contribution in [1.82, 2.24) is 9.80 Å². The molecule has 1 aliphatic carbocycles. The Morgan fingerprint density at radius 1 is 1.09 bits per heavy atom. The molecule has 0 aromatic heterocycles. The van der Waals surface area contributed by atoms with Gasteiger partial charge in [-0.25, -0.2) is 0 Å². The predicted octanol–water partition coefficient (Wildman–Crippen LogP) is 5.16. The maximum Gasteiger partial charge on any atom is 0.248 e. The van der Waals surface area contributed by atoms with Gasteiger partial charge in [0.1, 0.15) is 12.4 Å². The maximum absolute atomic E-state index is 12.3. The van der Waals surface area contributed by atoms with E-state index in [0.717, 1.165) is 43.4 Å². The van der Waals surface area contributed by atoms with Crippen LogP contribution in [0.1, 0.15) is 57.4 Å². The van der Waals surface area contributed by atoms with Crippen molar-refractivity contribution < 1.29 is 14.3 Å². The first-order chi connectivity index (χ1) is 15.5. The molecular weight excluding hydrogens is 468 g/mol. The Balaban J connectivity index is 1.36. The van der Waals surface area contributed by atoms with Gasteiger partial charge in [-0.15, -0.1) is 0 Å². The minimum absolute atomic E-state index is 0.141. The van der Waals surface area contributed by atoms with E-state index in [-0.39, 0.29) is 12.5 Å². The van der Waals surface area contributed by atoms with Crippen LogP contribution in [-0.4, -0.2) is 68.8 Å². The van der Waals surface area contributed by atoms with E-state index in [4.69, 9.17) is 9.47 Å². The number of amides is 1. The zero-order valence-corrected chi connectivity index (χ0v) is 21.7. The van der Waals surface area contributed by atoms with E-state index in [1.54, 1.807) is 14.2 Å². The van der Waals surface area contributed by atoms with Crippen LogP contribution in [0.4, 0.5) is 0 Å². The second kappa shape index (κ2) is 13.0. The molecule has 32 heavy (non-hydrogen) atoms. The molecule has 1 aliphatic heterocycles. The van der Waals surface area contributed by atoms with Crippen LogP contribution in [0.5, 0.6) is 5.75 Å². The lowest BCUT2D eigenvalue weighted by Crippen LogP contribution is -2.44. The number of hydrogen-bond acceptors (Lipinski definition) is 4. The fraction of sp³-hybridized carbons (Fsp3) is 0.731. The molecule has 0 bridgehead atoms. The average Bonchev–Trinajstić information content (AvgIpc) is 2.81. The molecule has 1 amide bonds. The third-order valence-electron chi connectivity index (χ3n) is 7.51. The largest absolute Gasteiger partial charge is 0.497 e. The van der Waals surface area contributed by atoms with Crippen LogP contribution in [0.15, 0.2) is 22.7 Å². The molecule has 0 spiro atoms. The van der Waals surface area contributed by atoms with Crippen molar-refractivity contribution in [3.05, 3.63) is 28.2 Å². The first kappa shape index (κ1) is 25.5. The van der Waals surface area contributed by atoms with Crippen LogP contribution in [0.3, 0.4) is 0 Å². The van der Waals surface area contributed by atoms with E-state index >= 15 is 0 Å². The molecule has 0 N–H and O–H groups in total. The number of nitrogens with zero attached hydrogens (tertiary/aromatic N) is 2. The Morgan fingerprint density at radius 2 is 1.81 bits per heavy atom. The van der Waals surface area contributed by atoms with Crippen LogP contribution in [0, 0.1) is 11.8 Å². The summed E-state index contributed by atoms with van der Waals surface area (Å²) in [5.41, 5.74) is 1.37. The normalized spacial score (nSPS) is 22.6. The van der Waals surface area contributed by atoms with Crippen molar-refractivity contribution in [3.8, 4) is 5.75 Å². The highest BCUT2D eigenvalue weighted by atomic mass is 79.9. The topological polar surface area (TPSA) is 42.0 Å². The van der Waals surface area contributed by atoms with Crippen LogP contribution < -0.4 is 4.74 Å². The highest BCUT2D eigenvalue weighted by Gasteiger charge is 2.28. The predicted molar refractivity (Wildman–Crippen MR) is 133 cm³/mol. The summed E-state index contributed by atoms with van der Waals surface area (Å²) in [6.07, 6.45) is 9.79. The summed E-state index contributed by atoms with van der Waals surface area (Å²) in [5.74, 6) is 2.66. The third kappa shape index (κ3) is 7.19. The minimum atomic E-state index is 0.141. The van der Waals surface area contributed by atoms with Gasteiger partial charge >= 0.3 is 0 Å². The smallest absolute Gasteiger partial charge is 0.248 e. The summed E-state index contributed by atoms with van der Waals surface area (Å²) in [5, 5.41) is 0. The van der Waals surface area contributed by atoms with Gasteiger partial charge in [0.05, 0.1) is 7.11 Å². The Labute approximate surface area is 202 Å². The quantitative estimate of drug-likeness (QED) is 0.437. The average molecular weight is 510 g/mol. The van der Waals surface area contributed by atoms with Gasteiger partial charge in [0.25, 0.3) is 0 Å². The Bertz CT molecular complexity index is 713. The lowest BCUT2D eigenvalue weighted by atomic mass is 9.83. The maximum atomic E-state index is 12.3. The van der Waals surface area contributed by atoms with Gasteiger partial charge < -0.3 is 19.3 Å². The molecule has 0 atom stereocenters. The second-order valence-electron chi connectivity index (χ2n) is 9.52. The standard InChI is InChI=1S/C26H41BrN2O3/c1-4-29(26(30)19-31-2)23-7-5-20(6-8-23)11-14-28-15-12-21(13-16-28)17-22-18-24(32-3)9-10-25(22)27/h9-10,18,20-21,23H,4-8,11-17,19H2,1-3H3/t20-,23-. The van der Waals surface area contributed by atoms with Crippen molar-refractivity contribution in [2.45, 2.75) is 64.3 Å². The molecule has 1 saturated heterocycles. The van der Waals surface area contributed by atoms with Crippen LogP contribution in [-0.2, 0) is 16.0 Å². The number of benzene rings is 1. The Morgan fingerprint density at radius 3 is 2.44 bits per heavy atom. The number of halogens is 1. The molecule has 5 nitrogen and oxygen atoms in total. The third-order valence-corrected chi connectivity index (χ3v) is 8.28.